The van der Waals surface area contributed by atoms with Gasteiger partial charge in [-0.15, -0.1) is 0 Å². The van der Waals surface area contributed by atoms with Crippen LogP contribution in [0.25, 0.3) is 0 Å². The van der Waals surface area contributed by atoms with Crippen molar-refractivity contribution in [3.63, 3.8) is 0 Å². The lowest BCUT2D eigenvalue weighted by molar-refractivity contribution is 0.253. The molecule has 94 valence electrons. The maximum Gasteiger partial charge on any atom is 0.123 e. The maximum absolute atomic E-state index is 9.52. The van der Waals surface area contributed by atoms with Gasteiger partial charge in [0.1, 0.15) is 5.75 Å². The number of para-hydroxylation sites is 1. The summed E-state index contributed by atoms with van der Waals surface area (Å²) in [6.07, 6.45) is 0. The molecule has 0 aliphatic heterocycles. The second-order valence-corrected chi connectivity index (χ2v) is 5.59. The van der Waals surface area contributed by atoms with Crippen LogP contribution in [0.5, 0.6) is 5.75 Å². The van der Waals surface area contributed by atoms with Crippen molar-refractivity contribution in [1.29, 1.82) is 0 Å². The molecular weight excluding hydrogens is 212 g/mol. The number of hydrogen-bond acceptors (Lipinski definition) is 2. The van der Waals surface area contributed by atoms with E-state index in [-0.39, 0.29) is 17.4 Å². The SMILES string of the molecule is CCOc1ccccc1C1(C)C(CO)C1(C)C. The van der Waals surface area contributed by atoms with Gasteiger partial charge in [0, 0.05) is 17.6 Å². The fourth-order valence-electron chi connectivity index (χ4n) is 3.22. The Morgan fingerprint density at radius 3 is 2.41 bits per heavy atom. The fourth-order valence-corrected chi connectivity index (χ4v) is 3.22. The van der Waals surface area contributed by atoms with E-state index < -0.39 is 0 Å². The van der Waals surface area contributed by atoms with Crippen LogP contribution in [0.2, 0.25) is 0 Å². The molecule has 0 radical (unpaired) electrons. The second kappa shape index (κ2) is 4.02. The van der Waals surface area contributed by atoms with Gasteiger partial charge < -0.3 is 9.84 Å². The molecule has 1 aliphatic rings. The van der Waals surface area contributed by atoms with Gasteiger partial charge in [0.2, 0.25) is 0 Å². The van der Waals surface area contributed by atoms with Crippen LogP contribution in [0, 0.1) is 11.3 Å². The Labute approximate surface area is 104 Å². The molecule has 0 bridgehead atoms. The van der Waals surface area contributed by atoms with Crippen LogP contribution in [0.1, 0.15) is 33.3 Å². The third-order valence-electron chi connectivity index (χ3n) is 4.75. The zero-order chi connectivity index (χ0) is 12.7. The summed E-state index contributed by atoms with van der Waals surface area (Å²) >= 11 is 0. The molecule has 17 heavy (non-hydrogen) atoms. The van der Waals surface area contributed by atoms with Crippen molar-refractivity contribution in [3.8, 4) is 5.75 Å². The second-order valence-electron chi connectivity index (χ2n) is 5.59. The highest BCUT2D eigenvalue weighted by atomic mass is 16.5. The Bertz CT molecular complexity index is 411. The summed E-state index contributed by atoms with van der Waals surface area (Å²) in [4.78, 5) is 0. The van der Waals surface area contributed by atoms with Gasteiger partial charge >= 0.3 is 0 Å². The van der Waals surface area contributed by atoms with Crippen LogP contribution in [0.4, 0.5) is 0 Å². The van der Waals surface area contributed by atoms with Crippen LogP contribution < -0.4 is 4.74 Å². The summed E-state index contributed by atoms with van der Waals surface area (Å²) in [5.74, 6) is 1.28. The quantitative estimate of drug-likeness (QED) is 0.867. The average molecular weight is 234 g/mol. The third kappa shape index (κ3) is 1.58. The zero-order valence-electron chi connectivity index (χ0n) is 11.2. The average Bonchev–Trinajstić information content (AvgIpc) is 2.74. The van der Waals surface area contributed by atoms with Crippen molar-refractivity contribution < 1.29 is 9.84 Å². The summed E-state index contributed by atoms with van der Waals surface area (Å²) in [7, 11) is 0. The number of aliphatic hydroxyl groups is 1. The van der Waals surface area contributed by atoms with E-state index in [2.05, 4.69) is 26.8 Å². The molecule has 1 aromatic carbocycles. The largest absolute Gasteiger partial charge is 0.494 e. The minimum absolute atomic E-state index is 0.0213. The Kier molecular flexibility index (Phi) is 2.94. The smallest absolute Gasteiger partial charge is 0.123 e. The number of benzene rings is 1. The van der Waals surface area contributed by atoms with Crippen molar-refractivity contribution >= 4 is 0 Å². The number of rotatable bonds is 4. The molecule has 1 N–H and O–H groups in total. The van der Waals surface area contributed by atoms with E-state index in [0.717, 1.165) is 5.75 Å². The van der Waals surface area contributed by atoms with E-state index in [1.807, 2.05) is 25.1 Å². The van der Waals surface area contributed by atoms with Crippen LogP contribution >= 0.6 is 0 Å². The van der Waals surface area contributed by atoms with E-state index in [1.165, 1.54) is 5.56 Å². The number of ether oxygens (including phenoxy) is 1. The van der Waals surface area contributed by atoms with Gasteiger partial charge in [-0.3, -0.25) is 0 Å². The summed E-state index contributed by atoms with van der Waals surface area (Å²) < 4.78 is 5.71. The molecule has 0 heterocycles. The zero-order valence-corrected chi connectivity index (χ0v) is 11.2. The lowest BCUT2D eigenvalue weighted by Crippen LogP contribution is -2.12. The van der Waals surface area contributed by atoms with Crippen LogP contribution in [-0.4, -0.2) is 18.3 Å². The molecule has 0 spiro atoms. The number of hydrogen-bond donors (Lipinski definition) is 1. The number of aliphatic hydroxyl groups excluding tert-OH is 1. The van der Waals surface area contributed by atoms with Crippen LogP contribution in [-0.2, 0) is 5.41 Å². The Balaban J connectivity index is 2.42. The van der Waals surface area contributed by atoms with Gasteiger partial charge in [0.15, 0.2) is 0 Å². The first-order valence-corrected chi connectivity index (χ1v) is 6.33. The summed E-state index contributed by atoms with van der Waals surface area (Å²) in [6.45, 7) is 9.58. The topological polar surface area (TPSA) is 29.5 Å². The van der Waals surface area contributed by atoms with Crippen LogP contribution in [0.15, 0.2) is 24.3 Å². The van der Waals surface area contributed by atoms with Gasteiger partial charge in [0.25, 0.3) is 0 Å². The first-order valence-electron chi connectivity index (χ1n) is 6.33. The van der Waals surface area contributed by atoms with Gasteiger partial charge in [-0.25, -0.2) is 0 Å². The summed E-state index contributed by atoms with van der Waals surface area (Å²) in [6, 6.07) is 8.20. The summed E-state index contributed by atoms with van der Waals surface area (Å²) in [5.41, 5.74) is 1.38. The predicted octanol–water partition coefficient (Wildman–Crippen LogP) is 2.99. The lowest BCUT2D eigenvalue weighted by Gasteiger charge is -2.19. The molecule has 2 unspecified atom stereocenters. The Morgan fingerprint density at radius 2 is 1.88 bits per heavy atom. The molecule has 0 saturated heterocycles. The molecule has 2 atom stereocenters. The molecule has 2 heteroatoms. The molecule has 1 fully saturated rings. The standard InChI is InChI=1S/C15H22O2/c1-5-17-12-9-7-6-8-11(12)15(4)13(10-16)14(15,2)3/h6-9,13,16H,5,10H2,1-4H3. The normalized spacial score (nSPS) is 30.1. The molecule has 1 saturated carbocycles. The molecule has 1 aliphatic carbocycles. The van der Waals surface area contributed by atoms with Gasteiger partial charge in [-0.05, 0) is 24.3 Å². The highest BCUT2D eigenvalue weighted by Crippen LogP contribution is 2.70. The van der Waals surface area contributed by atoms with Crippen molar-refractivity contribution in [3.05, 3.63) is 29.8 Å². The molecule has 1 aromatic rings. The molecule has 2 nitrogen and oxygen atoms in total. The first-order chi connectivity index (χ1) is 8.00. The van der Waals surface area contributed by atoms with Crippen molar-refractivity contribution in [2.75, 3.05) is 13.2 Å². The first kappa shape index (κ1) is 12.4. The lowest BCUT2D eigenvalue weighted by atomic mass is 9.89. The fraction of sp³-hybridized carbons (Fsp3) is 0.600. The van der Waals surface area contributed by atoms with E-state index >= 15 is 0 Å². The predicted molar refractivity (Wildman–Crippen MR) is 69.3 cm³/mol. The van der Waals surface area contributed by atoms with Crippen molar-refractivity contribution in [2.24, 2.45) is 11.3 Å². The van der Waals surface area contributed by atoms with E-state index in [0.29, 0.717) is 12.5 Å². The molecular formula is C15H22O2. The highest BCUT2D eigenvalue weighted by molar-refractivity contribution is 5.47. The minimum Gasteiger partial charge on any atom is -0.494 e. The maximum atomic E-state index is 9.52. The molecule has 2 rings (SSSR count). The third-order valence-corrected chi connectivity index (χ3v) is 4.75. The Morgan fingerprint density at radius 1 is 1.24 bits per heavy atom. The highest BCUT2D eigenvalue weighted by Gasteiger charge is 2.68. The minimum atomic E-state index is 0.0213. The van der Waals surface area contributed by atoms with Crippen LogP contribution in [0.3, 0.4) is 0 Å². The van der Waals surface area contributed by atoms with Crippen molar-refractivity contribution in [1.82, 2.24) is 0 Å². The van der Waals surface area contributed by atoms with E-state index in [4.69, 9.17) is 4.74 Å². The monoisotopic (exact) mass is 234 g/mol. The summed E-state index contributed by atoms with van der Waals surface area (Å²) in [5, 5.41) is 9.52. The van der Waals surface area contributed by atoms with E-state index in [9.17, 15) is 5.11 Å². The molecule has 0 amide bonds. The molecule has 0 aromatic heterocycles. The van der Waals surface area contributed by atoms with Gasteiger partial charge in [-0.2, -0.15) is 0 Å². The van der Waals surface area contributed by atoms with Gasteiger partial charge in [0.05, 0.1) is 6.61 Å². The van der Waals surface area contributed by atoms with Crippen molar-refractivity contribution in [2.45, 2.75) is 33.1 Å². The van der Waals surface area contributed by atoms with E-state index in [1.54, 1.807) is 0 Å². The van der Waals surface area contributed by atoms with Gasteiger partial charge in [-0.1, -0.05) is 39.0 Å². The Hall–Kier alpha value is -1.02.